The van der Waals surface area contributed by atoms with E-state index in [1.54, 1.807) is 6.92 Å². The van der Waals surface area contributed by atoms with Crippen molar-refractivity contribution in [2.45, 2.75) is 25.1 Å². The number of carbonyl (C=O) groups excluding carboxylic acids is 1. The van der Waals surface area contributed by atoms with Gasteiger partial charge in [0.2, 0.25) is 5.88 Å². The van der Waals surface area contributed by atoms with Crippen LogP contribution >= 0.6 is 34.8 Å². The lowest BCUT2D eigenvalue weighted by Crippen LogP contribution is -2.40. The maximum Gasteiger partial charge on any atom is 0.417 e. The Labute approximate surface area is 207 Å². The molecule has 176 valence electrons. The van der Waals surface area contributed by atoms with Gasteiger partial charge in [-0.1, -0.05) is 53.9 Å². The largest absolute Gasteiger partial charge is 0.461 e. The van der Waals surface area contributed by atoms with Gasteiger partial charge in [0.1, 0.15) is 22.6 Å². The summed E-state index contributed by atoms with van der Waals surface area (Å²) < 4.78 is 49.8. The number of ketones is 1. The number of hydrogen-bond acceptors (Lipinski definition) is 5. The second-order valence-electron chi connectivity index (χ2n) is 6.89. The third kappa shape index (κ3) is 5.39. The molecule has 3 aromatic rings. The van der Waals surface area contributed by atoms with Crippen molar-refractivity contribution in [3.63, 3.8) is 0 Å². The van der Waals surface area contributed by atoms with Gasteiger partial charge in [0.05, 0.1) is 15.6 Å². The SMILES string of the molecule is CCC(=O)C(C#N)(Oc1cccc(Oc2ncc(C(F)(F)F)cc2Cl)c1)c1ccc(Cl)c(Cl)c1. The molecule has 0 aliphatic heterocycles. The number of benzene rings is 2. The van der Waals surface area contributed by atoms with Gasteiger partial charge in [-0.2, -0.15) is 18.4 Å². The summed E-state index contributed by atoms with van der Waals surface area (Å²) in [5.41, 5.74) is -2.89. The summed E-state index contributed by atoms with van der Waals surface area (Å²) in [6.45, 7) is 1.58. The summed E-state index contributed by atoms with van der Waals surface area (Å²) in [5, 5.41) is 9.97. The van der Waals surface area contributed by atoms with Crippen molar-refractivity contribution in [1.29, 1.82) is 5.26 Å². The van der Waals surface area contributed by atoms with Crippen LogP contribution < -0.4 is 9.47 Å². The molecule has 0 saturated heterocycles. The molecular weight excluding hydrogens is 516 g/mol. The second kappa shape index (κ2) is 10.1. The highest BCUT2D eigenvalue weighted by Gasteiger charge is 2.42. The van der Waals surface area contributed by atoms with Crippen molar-refractivity contribution in [3.05, 3.63) is 80.9 Å². The van der Waals surface area contributed by atoms with Crippen LogP contribution in [-0.2, 0) is 16.6 Å². The lowest BCUT2D eigenvalue weighted by Gasteiger charge is -2.27. The third-order valence-corrected chi connectivity index (χ3v) is 5.63. The minimum absolute atomic E-state index is 0.0188. The van der Waals surface area contributed by atoms with E-state index in [0.29, 0.717) is 12.3 Å². The van der Waals surface area contributed by atoms with E-state index < -0.39 is 23.1 Å². The summed E-state index contributed by atoms with van der Waals surface area (Å²) in [4.78, 5) is 16.4. The first-order chi connectivity index (χ1) is 16.0. The lowest BCUT2D eigenvalue weighted by molar-refractivity contribution is -0.137. The number of rotatable bonds is 7. The molecule has 5 nitrogen and oxygen atoms in total. The predicted octanol–water partition coefficient (Wildman–Crippen LogP) is 7.63. The van der Waals surface area contributed by atoms with Crippen LogP contribution in [0.4, 0.5) is 13.2 Å². The van der Waals surface area contributed by atoms with E-state index in [9.17, 15) is 23.2 Å². The van der Waals surface area contributed by atoms with Crippen molar-refractivity contribution in [2.75, 3.05) is 0 Å². The normalized spacial score (nSPS) is 13.0. The molecule has 1 atom stereocenters. The average molecular weight is 530 g/mol. The third-order valence-electron chi connectivity index (χ3n) is 4.62. The van der Waals surface area contributed by atoms with Crippen LogP contribution in [0.5, 0.6) is 17.4 Å². The fourth-order valence-electron chi connectivity index (χ4n) is 2.94. The number of halogens is 6. The summed E-state index contributed by atoms with van der Waals surface area (Å²) in [7, 11) is 0. The van der Waals surface area contributed by atoms with Crippen molar-refractivity contribution in [2.24, 2.45) is 0 Å². The Morgan fingerprint density at radius 1 is 1.00 bits per heavy atom. The molecule has 0 spiro atoms. The molecule has 0 fully saturated rings. The van der Waals surface area contributed by atoms with Gasteiger partial charge in [-0.3, -0.25) is 4.79 Å². The Hall–Kier alpha value is -2.99. The highest BCUT2D eigenvalue weighted by atomic mass is 35.5. The predicted molar refractivity (Wildman–Crippen MR) is 120 cm³/mol. The molecule has 34 heavy (non-hydrogen) atoms. The topological polar surface area (TPSA) is 72.2 Å². The van der Waals surface area contributed by atoms with E-state index in [-0.39, 0.29) is 44.4 Å². The number of nitriles is 1. The smallest absolute Gasteiger partial charge is 0.417 e. The van der Waals surface area contributed by atoms with Crippen LogP contribution in [0, 0.1) is 11.3 Å². The highest BCUT2D eigenvalue weighted by molar-refractivity contribution is 6.42. The van der Waals surface area contributed by atoms with E-state index in [1.807, 2.05) is 6.07 Å². The first kappa shape index (κ1) is 25.6. The van der Waals surface area contributed by atoms with Crippen LogP contribution in [0.1, 0.15) is 24.5 Å². The fourth-order valence-corrected chi connectivity index (χ4v) is 3.44. The molecule has 0 amide bonds. The van der Waals surface area contributed by atoms with Crippen LogP contribution in [0.15, 0.2) is 54.7 Å². The van der Waals surface area contributed by atoms with Gasteiger partial charge in [0, 0.05) is 24.2 Å². The molecule has 0 N–H and O–H groups in total. The monoisotopic (exact) mass is 528 g/mol. The van der Waals surface area contributed by atoms with E-state index in [4.69, 9.17) is 44.3 Å². The maximum atomic E-state index is 12.8. The number of Topliss-reactive ketones (excluding diaryl/α,β-unsaturated/α-hetero) is 1. The van der Waals surface area contributed by atoms with E-state index in [2.05, 4.69) is 4.98 Å². The maximum absolute atomic E-state index is 12.8. The Morgan fingerprint density at radius 2 is 1.68 bits per heavy atom. The van der Waals surface area contributed by atoms with Crippen molar-refractivity contribution in [1.82, 2.24) is 4.98 Å². The van der Waals surface area contributed by atoms with Gasteiger partial charge < -0.3 is 9.47 Å². The number of nitrogens with zero attached hydrogens (tertiary/aromatic N) is 2. The van der Waals surface area contributed by atoms with E-state index >= 15 is 0 Å². The summed E-state index contributed by atoms with van der Waals surface area (Å²) in [6, 6.07) is 12.6. The van der Waals surface area contributed by atoms with Gasteiger partial charge in [-0.15, -0.1) is 0 Å². The molecule has 0 aliphatic rings. The van der Waals surface area contributed by atoms with Gasteiger partial charge in [-0.05, 0) is 30.3 Å². The Kier molecular flexibility index (Phi) is 7.61. The minimum Gasteiger partial charge on any atom is -0.461 e. The average Bonchev–Trinajstić information content (AvgIpc) is 2.79. The van der Waals surface area contributed by atoms with Crippen LogP contribution in [-0.4, -0.2) is 10.8 Å². The Bertz CT molecular complexity index is 1280. The Balaban J connectivity index is 1.95. The molecule has 0 aliphatic carbocycles. The van der Waals surface area contributed by atoms with Crippen molar-refractivity contribution >= 4 is 40.6 Å². The molecule has 1 heterocycles. The zero-order chi connectivity index (χ0) is 25.1. The van der Waals surface area contributed by atoms with E-state index in [1.165, 1.54) is 42.5 Å². The first-order valence-electron chi connectivity index (χ1n) is 9.60. The summed E-state index contributed by atoms with van der Waals surface area (Å²) >= 11 is 17.9. The lowest BCUT2D eigenvalue weighted by atomic mass is 9.89. The van der Waals surface area contributed by atoms with Gasteiger partial charge in [0.15, 0.2) is 5.78 Å². The minimum atomic E-state index is -4.61. The number of pyridine rings is 1. The molecule has 1 unspecified atom stereocenters. The van der Waals surface area contributed by atoms with Crippen molar-refractivity contribution in [3.8, 4) is 23.4 Å². The van der Waals surface area contributed by atoms with Gasteiger partial charge in [-0.25, -0.2) is 4.98 Å². The molecular formula is C23H14Cl3F3N2O3. The molecule has 3 rings (SSSR count). The standard InChI is InChI=1S/C23H14Cl3F3N2O3/c1-2-20(32)22(12-30,13-6-7-17(24)18(25)8-13)34-16-5-3-4-15(10-16)33-21-19(26)9-14(11-31-21)23(27,28)29/h3-11H,2H2,1H3. The zero-order valence-corrected chi connectivity index (χ0v) is 19.6. The van der Waals surface area contributed by atoms with E-state index in [0.717, 1.165) is 0 Å². The molecule has 0 radical (unpaired) electrons. The number of ether oxygens (including phenoxy) is 2. The van der Waals surface area contributed by atoms with Gasteiger partial charge >= 0.3 is 6.18 Å². The molecule has 11 heteroatoms. The highest BCUT2D eigenvalue weighted by Crippen LogP contribution is 2.37. The second-order valence-corrected chi connectivity index (χ2v) is 8.11. The number of hydrogen-bond donors (Lipinski definition) is 0. The molecule has 0 bridgehead atoms. The quantitative estimate of drug-likeness (QED) is 0.315. The van der Waals surface area contributed by atoms with Crippen molar-refractivity contribution < 1.29 is 27.4 Å². The van der Waals surface area contributed by atoms with Crippen LogP contribution in [0.3, 0.4) is 0 Å². The summed E-state index contributed by atoms with van der Waals surface area (Å²) in [5.74, 6) is -0.647. The molecule has 0 saturated carbocycles. The molecule has 1 aromatic heterocycles. The molecule has 2 aromatic carbocycles. The Morgan fingerprint density at radius 3 is 2.26 bits per heavy atom. The van der Waals surface area contributed by atoms with Crippen LogP contribution in [0.25, 0.3) is 0 Å². The zero-order valence-electron chi connectivity index (χ0n) is 17.3. The fraction of sp³-hybridized carbons (Fsp3) is 0.174. The number of aromatic nitrogens is 1. The van der Waals surface area contributed by atoms with Gasteiger partial charge in [0.25, 0.3) is 5.60 Å². The number of carbonyl (C=O) groups is 1. The first-order valence-corrected chi connectivity index (χ1v) is 10.7. The number of alkyl halides is 3. The van der Waals surface area contributed by atoms with Crippen LogP contribution in [0.2, 0.25) is 15.1 Å². The summed E-state index contributed by atoms with van der Waals surface area (Å²) in [6.07, 6.45) is -4.04.